The molecule has 0 unspecified atom stereocenters. The van der Waals surface area contributed by atoms with Crippen molar-refractivity contribution in [2.24, 2.45) is 0 Å². The van der Waals surface area contributed by atoms with Gasteiger partial charge in [0.15, 0.2) is 0 Å². The number of carbonyl (C=O) groups is 1. The highest BCUT2D eigenvalue weighted by Crippen LogP contribution is 2.33. The van der Waals surface area contributed by atoms with Crippen molar-refractivity contribution in [3.05, 3.63) is 28.8 Å². The van der Waals surface area contributed by atoms with Crippen LogP contribution in [0.3, 0.4) is 0 Å². The Morgan fingerprint density at radius 1 is 1.32 bits per heavy atom. The van der Waals surface area contributed by atoms with Gasteiger partial charge in [0.2, 0.25) is 5.91 Å². The van der Waals surface area contributed by atoms with Gasteiger partial charge in [0.1, 0.15) is 0 Å². The van der Waals surface area contributed by atoms with Gasteiger partial charge in [0, 0.05) is 6.42 Å². The molecule has 0 bridgehead atoms. The molecule has 0 aliphatic heterocycles. The van der Waals surface area contributed by atoms with Crippen LogP contribution in [0.4, 0.5) is 18.9 Å². The largest absolute Gasteiger partial charge is 0.416 e. The molecule has 0 aliphatic carbocycles. The van der Waals surface area contributed by atoms with Gasteiger partial charge >= 0.3 is 6.18 Å². The topological polar surface area (TPSA) is 29.1 Å². The Labute approximate surface area is 114 Å². The van der Waals surface area contributed by atoms with E-state index in [0.717, 1.165) is 31.0 Å². The van der Waals surface area contributed by atoms with E-state index in [1.807, 2.05) is 6.92 Å². The monoisotopic (exact) mass is 293 g/mol. The molecule has 0 saturated heterocycles. The van der Waals surface area contributed by atoms with Gasteiger partial charge in [-0.2, -0.15) is 13.2 Å². The minimum Gasteiger partial charge on any atom is -0.325 e. The summed E-state index contributed by atoms with van der Waals surface area (Å²) >= 11 is 5.77. The number of nitrogens with one attached hydrogen (secondary N) is 1. The van der Waals surface area contributed by atoms with Gasteiger partial charge in [-0.3, -0.25) is 4.79 Å². The van der Waals surface area contributed by atoms with Crippen LogP contribution in [-0.4, -0.2) is 5.91 Å². The number of hydrogen-bond acceptors (Lipinski definition) is 1. The molecule has 0 radical (unpaired) electrons. The van der Waals surface area contributed by atoms with Crippen LogP contribution < -0.4 is 5.32 Å². The summed E-state index contributed by atoms with van der Waals surface area (Å²) < 4.78 is 37.6. The molecule has 0 heterocycles. The maximum atomic E-state index is 12.5. The van der Waals surface area contributed by atoms with Crippen LogP contribution in [0.25, 0.3) is 0 Å². The van der Waals surface area contributed by atoms with E-state index in [-0.39, 0.29) is 23.0 Å². The fraction of sp³-hybridized carbons (Fsp3) is 0.462. The maximum Gasteiger partial charge on any atom is 0.416 e. The summed E-state index contributed by atoms with van der Waals surface area (Å²) in [4.78, 5) is 11.5. The van der Waals surface area contributed by atoms with E-state index < -0.39 is 11.7 Å². The van der Waals surface area contributed by atoms with Gasteiger partial charge in [-0.1, -0.05) is 31.4 Å². The first-order chi connectivity index (χ1) is 8.84. The zero-order valence-corrected chi connectivity index (χ0v) is 11.2. The fourth-order valence-corrected chi connectivity index (χ4v) is 1.71. The van der Waals surface area contributed by atoms with E-state index in [1.54, 1.807) is 0 Å². The first-order valence-corrected chi connectivity index (χ1v) is 6.39. The molecule has 0 spiro atoms. The van der Waals surface area contributed by atoms with Crippen LogP contribution in [0.2, 0.25) is 5.02 Å². The first-order valence-electron chi connectivity index (χ1n) is 6.01. The van der Waals surface area contributed by atoms with Gasteiger partial charge in [-0.05, 0) is 24.6 Å². The molecule has 1 rings (SSSR count). The van der Waals surface area contributed by atoms with E-state index in [1.165, 1.54) is 0 Å². The van der Waals surface area contributed by atoms with E-state index >= 15 is 0 Å². The molecule has 0 fully saturated rings. The molecule has 1 N–H and O–H groups in total. The van der Waals surface area contributed by atoms with E-state index in [0.29, 0.717) is 6.42 Å². The highest BCUT2D eigenvalue weighted by Gasteiger charge is 2.31. The second-order valence-corrected chi connectivity index (χ2v) is 4.60. The molecule has 1 aromatic carbocycles. The van der Waals surface area contributed by atoms with Crippen LogP contribution in [0, 0.1) is 0 Å². The van der Waals surface area contributed by atoms with Crippen LogP contribution in [-0.2, 0) is 11.0 Å². The zero-order valence-electron chi connectivity index (χ0n) is 10.5. The standard InChI is InChI=1S/C13H15ClF3NO/c1-2-3-4-5-12(19)18-11-8-9(13(15,16)17)6-7-10(11)14/h6-8H,2-5H2,1H3,(H,18,19). The van der Waals surface area contributed by atoms with Crippen molar-refractivity contribution < 1.29 is 18.0 Å². The minimum absolute atomic E-state index is 0.00186. The molecule has 1 amide bonds. The average molecular weight is 294 g/mol. The van der Waals surface area contributed by atoms with Gasteiger partial charge < -0.3 is 5.32 Å². The van der Waals surface area contributed by atoms with Gasteiger partial charge in [0.05, 0.1) is 16.3 Å². The van der Waals surface area contributed by atoms with E-state index in [2.05, 4.69) is 5.32 Å². The third-order valence-electron chi connectivity index (χ3n) is 2.58. The molecule has 2 nitrogen and oxygen atoms in total. The molecule has 19 heavy (non-hydrogen) atoms. The molecular weight excluding hydrogens is 279 g/mol. The number of alkyl halides is 3. The Bertz CT molecular complexity index is 446. The number of benzene rings is 1. The average Bonchev–Trinajstić information content (AvgIpc) is 2.31. The third-order valence-corrected chi connectivity index (χ3v) is 2.90. The summed E-state index contributed by atoms with van der Waals surface area (Å²) in [6.07, 6.45) is -1.59. The first kappa shape index (κ1) is 15.8. The molecule has 106 valence electrons. The highest BCUT2D eigenvalue weighted by atomic mass is 35.5. The Balaban J connectivity index is 2.74. The molecule has 0 aliphatic rings. The quantitative estimate of drug-likeness (QED) is 0.770. The lowest BCUT2D eigenvalue weighted by atomic mass is 10.1. The fourth-order valence-electron chi connectivity index (χ4n) is 1.55. The summed E-state index contributed by atoms with van der Waals surface area (Å²) in [5, 5.41) is 2.51. The Hall–Kier alpha value is -1.23. The normalized spacial score (nSPS) is 11.4. The lowest BCUT2D eigenvalue weighted by molar-refractivity contribution is -0.137. The summed E-state index contributed by atoms with van der Waals surface area (Å²) in [5.74, 6) is -0.324. The molecule has 0 atom stereocenters. The van der Waals surface area contributed by atoms with Crippen LogP contribution in [0.1, 0.15) is 38.2 Å². The van der Waals surface area contributed by atoms with Crippen molar-refractivity contribution >= 4 is 23.2 Å². The van der Waals surface area contributed by atoms with Gasteiger partial charge in [0.25, 0.3) is 0 Å². The Morgan fingerprint density at radius 3 is 2.58 bits per heavy atom. The number of carbonyl (C=O) groups excluding carboxylic acids is 1. The molecular formula is C13H15ClF3NO. The summed E-state index contributed by atoms with van der Waals surface area (Å²) in [6, 6.07) is 2.86. The van der Waals surface area contributed by atoms with Crippen LogP contribution in [0.5, 0.6) is 0 Å². The summed E-state index contributed by atoms with van der Waals surface area (Å²) in [7, 11) is 0. The van der Waals surface area contributed by atoms with Crippen molar-refractivity contribution in [2.45, 2.75) is 38.8 Å². The summed E-state index contributed by atoms with van der Waals surface area (Å²) in [5.41, 5.74) is -0.834. The maximum absolute atomic E-state index is 12.5. The third kappa shape index (κ3) is 5.11. The predicted octanol–water partition coefficient (Wildman–Crippen LogP) is 4.88. The molecule has 1 aromatic rings. The van der Waals surface area contributed by atoms with Crippen molar-refractivity contribution in [1.82, 2.24) is 0 Å². The molecule has 0 saturated carbocycles. The number of amides is 1. The second-order valence-electron chi connectivity index (χ2n) is 4.20. The zero-order chi connectivity index (χ0) is 14.5. The lowest BCUT2D eigenvalue weighted by Crippen LogP contribution is -2.13. The predicted molar refractivity (Wildman–Crippen MR) is 69.2 cm³/mol. The van der Waals surface area contributed by atoms with E-state index in [9.17, 15) is 18.0 Å². The van der Waals surface area contributed by atoms with Gasteiger partial charge in [-0.25, -0.2) is 0 Å². The number of hydrogen-bond donors (Lipinski definition) is 1. The number of unbranched alkanes of at least 4 members (excludes halogenated alkanes) is 2. The van der Waals surface area contributed by atoms with Crippen LogP contribution >= 0.6 is 11.6 Å². The summed E-state index contributed by atoms with van der Waals surface area (Å²) in [6.45, 7) is 2.00. The smallest absolute Gasteiger partial charge is 0.325 e. The Morgan fingerprint density at radius 2 is 2.00 bits per heavy atom. The Kier molecular flexibility index (Phi) is 5.66. The van der Waals surface area contributed by atoms with Crippen LogP contribution in [0.15, 0.2) is 18.2 Å². The molecule has 6 heteroatoms. The SMILES string of the molecule is CCCCCC(=O)Nc1cc(C(F)(F)F)ccc1Cl. The van der Waals surface area contributed by atoms with Gasteiger partial charge in [-0.15, -0.1) is 0 Å². The lowest BCUT2D eigenvalue weighted by Gasteiger charge is -2.11. The van der Waals surface area contributed by atoms with E-state index in [4.69, 9.17) is 11.6 Å². The van der Waals surface area contributed by atoms with Crippen molar-refractivity contribution in [3.8, 4) is 0 Å². The highest BCUT2D eigenvalue weighted by molar-refractivity contribution is 6.33. The molecule has 0 aromatic heterocycles. The second kappa shape index (κ2) is 6.80. The van der Waals surface area contributed by atoms with Crippen molar-refractivity contribution in [1.29, 1.82) is 0 Å². The minimum atomic E-state index is -4.45. The van der Waals surface area contributed by atoms with Crippen molar-refractivity contribution in [2.75, 3.05) is 5.32 Å². The number of anilines is 1. The van der Waals surface area contributed by atoms with Crippen molar-refractivity contribution in [3.63, 3.8) is 0 Å². The number of halogens is 4. The number of rotatable bonds is 5.